The number of benzene rings is 1. The Hall–Kier alpha value is -2.15. The number of nitro groups is 1. The number of carbonyl (C=O) groups excluding carboxylic acids is 1. The zero-order valence-electron chi connectivity index (χ0n) is 11.4. The van der Waals surface area contributed by atoms with Gasteiger partial charge in [-0.15, -0.1) is 0 Å². The Morgan fingerprint density at radius 1 is 1.40 bits per heavy atom. The van der Waals surface area contributed by atoms with Crippen molar-refractivity contribution < 1.29 is 14.8 Å². The summed E-state index contributed by atoms with van der Waals surface area (Å²) in [4.78, 5) is 25.7. The molecule has 7 nitrogen and oxygen atoms in total. The molecule has 1 aromatic carbocycles. The molecule has 1 N–H and O–H groups in total. The quantitative estimate of drug-likeness (QED) is 0.657. The van der Waals surface area contributed by atoms with Gasteiger partial charge in [-0.3, -0.25) is 14.9 Å². The highest BCUT2D eigenvalue weighted by molar-refractivity contribution is 5.83. The molecule has 0 spiro atoms. The summed E-state index contributed by atoms with van der Waals surface area (Å²) < 4.78 is 0. The van der Waals surface area contributed by atoms with Crippen molar-refractivity contribution in [3.8, 4) is 0 Å². The highest BCUT2D eigenvalue weighted by Gasteiger charge is 2.27. The van der Waals surface area contributed by atoms with Crippen LogP contribution in [0, 0.1) is 10.1 Å². The summed E-state index contributed by atoms with van der Waals surface area (Å²) in [5.74, 6) is -0.0647. The molecular formula is C13H17N3O4. The molecule has 0 bridgehead atoms. The van der Waals surface area contributed by atoms with Gasteiger partial charge in [0.15, 0.2) is 0 Å². The summed E-state index contributed by atoms with van der Waals surface area (Å²) in [6, 6.07) is 4.61. The number of amides is 1. The maximum absolute atomic E-state index is 11.7. The highest BCUT2D eigenvalue weighted by atomic mass is 16.6. The molecule has 1 saturated heterocycles. The first-order chi connectivity index (χ1) is 9.40. The van der Waals surface area contributed by atoms with Crippen molar-refractivity contribution in [1.82, 2.24) is 4.90 Å². The monoisotopic (exact) mass is 279 g/mol. The topological polar surface area (TPSA) is 86.9 Å². The van der Waals surface area contributed by atoms with E-state index in [-0.39, 0.29) is 18.1 Å². The van der Waals surface area contributed by atoms with E-state index in [1.54, 1.807) is 35.9 Å². The van der Waals surface area contributed by atoms with Gasteiger partial charge in [-0.1, -0.05) is 6.07 Å². The Morgan fingerprint density at radius 3 is 2.65 bits per heavy atom. The van der Waals surface area contributed by atoms with E-state index >= 15 is 0 Å². The van der Waals surface area contributed by atoms with Crippen LogP contribution in [-0.4, -0.2) is 47.5 Å². The van der Waals surface area contributed by atoms with Crippen LogP contribution in [0.25, 0.3) is 0 Å². The van der Waals surface area contributed by atoms with E-state index in [1.807, 2.05) is 0 Å². The van der Waals surface area contributed by atoms with Crippen molar-refractivity contribution in [1.29, 1.82) is 0 Å². The number of likely N-dealkylation sites (N-methyl/N-ethyl adjacent to an activating group) is 1. The summed E-state index contributed by atoms with van der Waals surface area (Å²) in [7, 11) is 1.71. The molecular weight excluding hydrogens is 262 g/mol. The number of nitro benzene ring substituents is 1. The minimum Gasteiger partial charge on any atom is -0.389 e. The number of carbonyl (C=O) groups is 1. The van der Waals surface area contributed by atoms with Crippen LogP contribution in [0.4, 0.5) is 11.4 Å². The lowest BCUT2D eigenvalue weighted by atomic mass is 10.1. The summed E-state index contributed by atoms with van der Waals surface area (Å²) in [6.45, 7) is 2.77. The van der Waals surface area contributed by atoms with E-state index in [2.05, 4.69) is 0 Å². The van der Waals surface area contributed by atoms with Crippen LogP contribution in [-0.2, 0) is 4.79 Å². The normalized spacial score (nSPS) is 17.2. The molecule has 7 heteroatoms. The Bertz CT molecular complexity index is 544. The van der Waals surface area contributed by atoms with Crippen LogP contribution in [0.5, 0.6) is 0 Å². The Balaban J connectivity index is 2.36. The van der Waals surface area contributed by atoms with Crippen LogP contribution in [0.2, 0.25) is 0 Å². The molecule has 1 heterocycles. The molecule has 0 radical (unpaired) electrons. The lowest BCUT2D eigenvalue weighted by Gasteiger charge is -2.33. The van der Waals surface area contributed by atoms with Crippen molar-refractivity contribution >= 4 is 17.3 Å². The first-order valence-corrected chi connectivity index (χ1v) is 6.35. The van der Waals surface area contributed by atoms with Crippen LogP contribution in [0.1, 0.15) is 18.6 Å². The molecule has 0 saturated carbocycles. The van der Waals surface area contributed by atoms with Gasteiger partial charge in [0.25, 0.3) is 5.69 Å². The van der Waals surface area contributed by atoms with Crippen molar-refractivity contribution in [2.24, 2.45) is 0 Å². The molecule has 1 aliphatic heterocycles. The second-order valence-electron chi connectivity index (χ2n) is 4.92. The Labute approximate surface area is 116 Å². The maximum Gasteiger partial charge on any atom is 0.292 e. The van der Waals surface area contributed by atoms with Gasteiger partial charge in [-0.2, -0.15) is 0 Å². The van der Waals surface area contributed by atoms with E-state index in [0.29, 0.717) is 24.3 Å². The molecule has 20 heavy (non-hydrogen) atoms. The fraction of sp³-hybridized carbons (Fsp3) is 0.462. The summed E-state index contributed by atoms with van der Waals surface area (Å²) in [5, 5.41) is 20.7. The molecule has 108 valence electrons. The minimum absolute atomic E-state index is 0.0647. The predicted molar refractivity (Wildman–Crippen MR) is 73.6 cm³/mol. The van der Waals surface area contributed by atoms with Gasteiger partial charge in [0.1, 0.15) is 5.69 Å². The molecule has 1 aliphatic rings. The summed E-state index contributed by atoms with van der Waals surface area (Å²) in [6.07, 6.45) is -0.767. The average Bonchev–Trinajstić information content (AvgIpc) is 2.41. The maximum atomic E-state index is 11.7. The SMILES string of the molecule is CC(O)c1ccc(N2CCN(C)C(=O)C2)c([N+](=O)[O-])c1. The third-order valence-electron chi connectivity index (χ3n) is 3.48. The second kappa shape index (κ2) is 5.46. The summed E-state index contributed by atoms with van der Waals surface area (Å²) >= 11 is 0. The summed E-state index contributed by atoms with van der Waals surface area (Å²) in [5.41, 5.74) is 0.822. The molecule has 1 fully saturated rings. The number of nitrogens with zero attached hydrogens (tertiary/aromatic N) is 3. The second-order valence-corrected chi connectivity index (χ2v) is 4.92. The Morgan fingerprint density at radius 2 is 2.10 bits per heavy atom. The van der Waals surface area contributed by atoms with Gasteiger partial charge in [-0.05, 0) is 18.6 Å². The van der Waals surface area contributed by atoms with E-state index in [0.717, 1.165) is 0 Å². The molecule has 2 rings (SSSR count). The van der Waals surface area contributed by atoms with Gasteiger partial charge in [0, 0.05) is 26.2 Å². The zero-order valence-corrected chi connectivity index (χ0v) is 11.4. The van der Waals surface area contributed by atoms with Gasteiger partial charge in [-0.25, -0.2) is 0 Å². The van der Waals surface area contributed by atoms with E-state index in [1.165, 1.54) is 6.07 Å². The number of aliphatic hydroxyl groups excluding tert-OH is 1. The number of hydrogen-bond donors (Lipinski definition) is 1. The van der Waals surface area contributed by atoms with Gasteiger partial charge in [0.2, 0.25) is 5.91 Å². The fourth-order valence-corrected chi connectivity index (χ4v) is 2.18. The molecule has 1 aromatic rings. The first-order valence-electron chi connectivity index (χ1n) is 6.35. The van der Waals surface area contributed by atoms with Crippen LogP contribution < -0.4 is 4.90 Å². The van der Waals surface area contributed by atoms with Crippen molar-refractivity contribution in [3.63, 3.8) is 0 Å². The number of hydrogen-bond acceptors (Lipinski definition) is 5. The van der Waals surface area contributed by atoms with Gasteiger partial charge in [0.05, 0.1) is 17.6 Å². The smallest absolute Gasteiger partial charge is 0.292 e. The number of anilines is 1. The average molecular weight is 279 g/mol. The van der Waals surface area contributed by atoms with Crippen LogP contribution in [0.3, 0.4) is 0 Å². The van der Waals surface area contributed by atoms with Crippen molar-refractivity contribution in [2.45, 2.75) is 13.0 Å². The first kappa shape index (κ1) is 14.3. The van der Waals surface area contributed by atoms with Crippen LogP contribution >= 0.6 is 0 Å². The molecule has 0 aliphatic carbocycles. The molecule has 1 atom stereocenters. The van der Waals surface area contributed by atoms with Gasteiger partial charge < -0.3 is 14.9 Å². The minimum atomic E-state index is -0.767. The third-order valence-corrected chi connectivity index (χ3v) is 3.48. The van der Waals surface area contributed by atoms with Crippen molar-refractivity contribution in [3.05, 3.63) is 33.9 Å². The Kier molecular flexibility index (Phi) is 3.89. The van der Waals surface area contributed by atoms with Crippen LogP contribution in [0.15, 0.2) is 18.2 Å². The molecule has 1 unspecified atom stereocenters. The van der Waals surface area contributed by atoms with Gasteiger partial charge >= 0.3 is 0 Å². The highest BCUT2D eigenvalue weighted by Crippen LogP contribution is 2.31. The zero-order chi connectivity index (χ0) is 14.9. The van der Waals surface area contributed by atoms with Crippen molar-refractivity contribution in [2.75, 3.05) is 31.6 Å². The van der Waals surface area contributed by atoms with E-state index in [4.69, 9.17) is 0 Å². The van der Waals surface area contributed by atoms with E-state index < -0.39 is 11.0 Å². The third kappa shape index (κ3) is 2.72. The molecule has 0 aromatic heterocycles. The number of rotatable bonds is 3. The fourth-order valence-electron chi connectivity index (χ4n) is 2.18. The lowest BCUT2D eigenvalue weighted by Crippen LogP contribution is -2.48. The number of aliphatic hydroxyl groups is 1. The molecule has 1 amide bonds. The predicted octanol–water partition coefficient (Wildman–Crippen LogP) is 0.926. The standard InChI is InChI=1S/C13H17N3O4/c1-9(17)10-3-4-11(12(7-10)16(19)20)15-6-5-14(2)13(18)8-15/h3-4,7,9,17H,5-6,8H2,1-2H3. The lowest BCUT2D eigenvalue weighted by molar-refractivity contribution is -0.384. The number of piperazine rings is 1. The largest absolute Gasteiger partial charge is 0.389 e. The van der Waals surface area contributed by atoms with E-state index in [9.17, 15) is 20.0 Å².